The van der Waals surface area contributed by atoms with Crippen LogP contribution in [0, 0.1) is 13.8 Å². The second kappa shape index (κ2) is 10.1. The molecule has 1 N–H and O–H groups in total. The number of furan rings is 1. The number of amides is 1. The van der Waals surface area contributed by atoms with Crippen molar-refractivity contribution in [1.82, 2.24) is 5.32 Å². The number of fused-ring (bicyclic) bond motifs is 4. The number of aryl methyl sites for hydroxylation is 4. The van der Waals surface area contributed by atoms with Crippen molar-refractivity contribution < 1.29 is 23.5 Å². The van der Waals surface area contributed by atoms with Crippen LogP contribution in [0.25, 0.3) is 21.9 Å². The van der Waals surface area contributed by atoms with E-state index < -0.39 is 23.5 Å². The number of hydrogen-bond donors (Lipinski definition) is 1. The Kier molecular flexibility index (Phi) is 6.82. The zero-order valence-electron chi connectivity index (χ0n) is 20.7. The number of hydrogen-bond acceptors (Lipinski definition) is 6. The molecule has 0 radical (unpaired) electrons. The van der Waals surface area contributed by atoms with Crippen molar-refractivity contribution in [2.24, 2.45) is 0 Å². The molecule has 1 aliphatic rings. The van der Waals surface area contributed by atoms with Crippen molar-refractivity contribution in [3.05, 3.63) is 79.4 Å². The predicted molar refractivity (Wildman–Crippen MR) is 139 cm³/mol. The third-order valence-electron chi connectivity index (χ3n) is 7.30. The fourth-order valence-electron chi connectivity index (χ4n) is 5.26. The van der Waals surface area contributed by atoms with Gasteiger partial charge in [-0.3, -0.25) is 4.79 Å². The number of nitrogens with one attached hydrogen (secondary N) is 1. The highest BCUT2D eigenvalue weighted by Gasteiger charge is 2.23. The van der Waals surface area contributed by atoms with Gasteiger partial charge in [-0.05, 0) is 75.3 Å². The maximum absolute atomic E-state index is 12.9. The molecule has 2 heterocycles. The normalized spacial score (nSPS) is 14.0. The summed E-state index contributed by atoms with van der Waals surface area (Å²) in [6.07, 6.45) is 4.21. The van der Waals surface area contributed by atoms with Crippen molar-refractivity contribution >= 4 is 45.4 Å². The van der Waals surface area contributed by atoms with Crippen LogP contribution in [-0.2, 0) is 35.3 Å². The fourth-order valence-corrected chi connectivity index (χ4v) is 5.39. The van der Waals surface area contributed by atoms with Crippen LogP contribution in [0.15, 0.2) is 44.0 Å². The Bertz CT molecular complexity index is 1580. The molecule has 0 aliphatic heterocycles. The van der Waals surface area contributed by atoms with Gasteiger partial charge in [0.25, 0.3) is 0 Å². The van der Waals surface area contributed by atoms with Crippen LogP contribution in [0.3, 0.4) is 0 Å². The molecule has 2 aromatic heterocycles. The second-order valence-electron chi connectivity index (χ2n) is 9.73. The van der Waals surface area contributed by atoms with E-state index >= 15 is 0 Å². The number of aliphatic carboxylic acids is 1. The Balaban J connectivity index is 1.38. The lowest BCUT2D eigenvalue weighted by Gasteiger charge is -2.20. The van der Waals surface area contributed by atoms with Crippen LogP contribution in [0.1, 0.15) is 52.8 Å². The summed E-state index contributed by atoms with van der Waals surface area (Å²) in [5.41, 5.74) is 4.64. The molecular formula is C29H27ClNO6-. The minimum atomic E-state index is -1.38. The number of halogens is 1. The monoisotopic (exact) mass is 520 g/mol. The molecule has 0 spiro atoms. The van der Waals surface area contributed by atoms with E-state index in [4.69, 9.17) is 20.4 Å². The third-order valence-corrected chi connectivity index (χ3v) is 7.55. The lowest BCUT2D eigenvalue weighted by atomic mass is 9.93. The van der Waals surface area contributed by atoms with E-state index in [0.717, 1.165) is 58.9 Å². The maximum Gasteiger partial charge on any atom is 0.339 e. The van der Waals surface area contributed by atoms with Crippen LogP contribution >= 0.6 is 11.6 Å². The van der Waals surface area contributed by atoms with E-state index in [1.54, 1.807) is 24.3 Å². The van der Waals surface area contributed by atoms with E-state index in [9.17, 15) is 19.5 Å². The zero-order chi connectivity index (χ0) is 26.3. The van der Waals surface area contributed by atoms with Gasteiger partial charge in [-0.15, -0.1) is 0 Å². The third kappa shape index (κ3) is 4.88. The van der Waals surface area contributed by atoms with E-state index in [1.807, 2.05) is 19.9 Å². The van der Waals surface area contributed by atoms with Crippen molar-refractivity contribution in [1.29, 1.82) is 0 Å². The van der Waals surface area contributed by atoms with E-state index in [2.05, 4.69) is 5.32 Å². The highest BCUT2D eigenvalue weighted by atomic mass is 35.5. The molecule has 37 heavy (non-hydrogen) atoms. The number of carbonyl (C=O) groups excluding carboxylic acids is 2. The van der Waals surface area contributed by atoms with Crippen LogP contribution in [0.4, 0.5) is 0 Å². The van der Waals surface area contributed by atoms with Crippen LogP contribution in [0.5, 0.6) is 0 Å². The van der Waals surface area contributed by atoms with Crippen LogP contribution in [0.2, 0.25) is 5.02 Å². The van der Waals surface area contributed by atoms with Gasteiger partial charge in [0.1, 0.15) is 16.9 Å². The predicted octanol–water partition coefficient (Wildman–Crippen LogP) is 4.10. The molecule has 8 heteroatoms. The van der Waals surface area contributed by atoms with Crippen molar-refractivity contribution in [2.75, 3.05) is 0 Å². The summed E-state index contributed by atoms with van der Waals surface area (Å²) in [4.78, 5) is 37.2. The Morgan fingerprint density at radius 3 is 2.46 bits per heavy atom. The van der Waals surface area contributed by atoms with Gasteiger partial charge in [0.2, 0.25) is 5.91 Å². The average Bonchev–Trinajstić information content (AvgIpc) is 3.25. The smallest absolute Gasteiger partial charge is 0.339 e. The van der Waals surface area contributed by atoms with E-state index in [-0.39, 0.29) is 19.3 Å². The molecule has 0 saturated carbocycles. The van der Waals surface area contributed by atoms with Crippen molar-refractivity contribution in [2.45, 2.75) is 64.8 Å². The quantitative estimate of drug-likeness (QED) is 0.367. The standard InChI is InChI=1S/C29H28ClNO6/c1-15-19(11-12-25(32)31-23(28(33)34)13-17-7-9-18(30)10-8-17)29(35)37-26-16(2)27-22(14-21(15)26)20-5-3-4-6-24(20)36-27/h7-10,14,23H,3-6,11-13H2,1-2H3,(H,31,32)(H,33,34)/p-1/t23-/m1/s1. The minimum absolute atomic E-state index is 0.0622. The van der Waals surface area contributed by atoms with Gasteiger partial charge < -0.3 is 24.1 Å². The van der Waals surface area contributed by atoms with Crippen molar-refractivity contribution in [3.63, 3.8) is 0 Å². The topological polar surface area (TPSA) is 113 Å². The average molecular weight is 521 g/mol. The van der Waals surface area contributed by atoms with Gasteiger partial charge >= 0.3 is 5.63 Å². The number of carbonyl (C=O) groups is 2. The molecule has 0 bridgehead atoms. The molecular weight excluding hydrogens is 494 g/mol. The van der Waals surface area contributed by atoms with Gasteiger partial charge in [-0.25, -0.2) is 4.79 Å². The fraction of sp³-hybridized carbons (Fsp3) is 0.345. The lowest BCUT2D eigenvalue weighted by molar-refractivity contribution is -0.308. The molecule has 1 amide bonds. The highest BCUT2D eigenvalue weighted by Crippen LogP contribution is 2.38. The van der Waals surface area contributed by atoms with Gasteiger partial charge in [0.05, 0.1) is 12.0 Å². The van der Waals surface area contributed by atoms with Crippen LogP contribution in [-0.4, -0.2) is 17.9 Å². The summed E-state index contributed by atoms with van der Waals surface area (Å²) in [5, 5.41) is 16.6. The highest BCUT2D eigenvalue weighted by molar-refractivity contribution is 6.30. The van der Waals surface area contributed by atoms with Crippen molar-refractivity contribution in [3.8, 4) is 0 Å². The first-order valence-corrected chi connectivity index (χ1v) is 12.9. The van der Waals surface area contributed by atoms with Crippen LogP contribution < -0.4 is 16.0 Å². The Hall–Kier alpha value is -3.58. The minimum Gasteiger partial charge on any atom is -0.548 e. The first-order chi connectivity index (χ1) is 17.7. The maximum atomic E-state index is 12.9. The summed E-state index contributed by atoms with van der Waals surface area (Å²) < 4.78 is 11.9. The van der Waals surface area contributed by atoms with Gasteiger partial charge in [0.15, 0.2) is 0 Å². The number of rotatable bonds is 7. The van der Waals surface area contributed by atoms with Gasteiger partial charge in [0, 0.05) is 45.3 Å². The lowest BCUT2D eigenvalue weighted by Crippen LogP contribution is -2.49. The Morgan fingerprint density at radius 1 is 1.03 bits per heavy atom. The van der Waals surface area contributed by atoms with E-state index in [1.165, 1.54) is 5.56 Å². The largest absolute Gasteiger partial charge is 0.548 e. The molecule has 1 atom stereocenters. The van der Waals surface area contributed by atoms with Gasteiger partial charge in [-0.2, -0.15) is 0 Å². The molecule has 7 nitrogen and oxygen atoms in total. The molecule has 2 aromatic carbocycles. The zero-order valence-corrected chi connectivity index (χ0v) is 21.5. The SMILES string of the molecule is Cc1c(CCC(=O)N[C@H](Cc2ccc(Cl)cc2)C(=O)[O-])c(=O)oc2c(C)c3oc4c(c3cc12)CCCC4. The second-order valence-corrected chi connectivity index (χ2v) is 10.2. The molecule has 0 unspecified atom stereocenters. The molecule has 192 valence electrons. The van der Waals surface area contributed by atoms with Gasteiger partial charge in [-0.1, -0.05) is 23.7 Å². The Morgan fingerprint density at radius 2 is 1.73 bits per heavy atom. The first kappa shape index (κ1) is 25.1. The number of carboxylic acids is 1. The molecule has 0 saturated heterocycles. The summed E-state index contributed by atoms with van der Waals surface area (Å²) >= 11 is 5.88. The number of benzene rings is 2. The summed E-state index contributed by atoms with van der Waals surface area (Å²) in [5.74, 6) is -0.858. The first-order valence-electron chi connectivity index (χ1n) is 12.5. The summed E-state index contributed by atoms with van der Waals surface area (Å²) in [7, 11) is 0. The Labute approximate surface area is 218 Å². The summed E-state index contributed by atoms with van der Waals surface area (Å²) in [6.45, 7) is 3.75. The number of carboxylic acid groups (broad SMARTS) is 1. The summed E-state index contributed by atoms with van der Waals surface area (Å²) in [6, 6.07) is 7.54. The molecule has 1 aliphatic carbocycles. The van der Waals surface area contributed by atoms with E-state index in [0.29, 0.717) is 21.7 Å². The molecule has 0 fully saturated rings. The molecule has 4 aromatic rings. The molecule has 5 rings (SSSR count).